The van der Waals surface area contributed by atoms with Crippen molar-refractivity contribution in [2.45, 2.75) is 32.2 Å². The fourth-order valence-electron chi connectivity index (χ4n) is 2.99. The number of rotatable bonds is 5. The van der Waals surface area contributed by atoms with Crippen LogP contribution in [0.3, 0.4) is 0 Å². The molecule has 0 aromatic heterocycles. The molecular weight excluding hydrogens is 236 g/mol. The average molecular weight is 262 g/mol. The third-order valence-electron chi connectivity index (χ3n) is 4.23. The third-order valence-corrected chi connectivity index (χ3v) is 4.23. The topological polar surface area (TPSA) is 35.5 Å². The van der Waals surface area contributed by atoms with Gasteiger partial charge in [-0.1, -0.05) is 12.1 Å². The number of aromatic hydroxyl groups is 1. The van der Waals surface area contributed by atoms with Crippen LogP contribution < -0.4 is 5.32 Å². The number of benzene rings is 1. The van der Waals surface area contributed by atoms with Gasteiger partial charge < -0.3 is 15.3 Å². The number of likely N-dealkylation sites (tertiary alicyclic amines) is 1. The summed E-state index contributed by atoms with van der Waals surface area (Å²) >= 11 is 0. The second-order valence-corrected chi connectivity index (χ2v) is 5.76. The van der Waals surface area contributed by atoms with E-state index in [1.807, 2.05) is 19.2 Å². The van der Waals surface area contributed by atoms with E-state index in [9.17, 15) is 5.11 Å². The summed E-state index contributed by atoms with van der Waals surface area (Å²) < 4.78 is 0. The van der Waals surface area contributed by atoms with Crippen molar-refractivity contribution in [1.29, 1.82) is 0 Å². The summed E-state index contributed by atoms with van der Waals surface area (Å²) in [6.45, 7) is 5.89. The van der Waals surface area contributed by atoms with Crippen LogP contribution in [0.5, 0.6) is 5.75 Å². The Hall–Kier alpha value is -1.06. The number of phenols is 1. The second kappa shape index (κ2) is 6.92. The number of nitrogens with one attached hydrogen (secondary N) is 1. The molecule has 1 aliphatic heterocycles. The minimum absolute atomic E-state index is 0.351. The highest BCUT2D eigenvalue weighted by Gasteiger charge is 2.22. The van der Waals surface area contributed by atoms with E-state index < -0.39 is 0 Å². The van der Waals surface area contributed by atoms with Crippen molar-refractivity contribution in [2.24, 2.45) is 5.92 Å². The molecule has 3 heteroatoms. The molecule has 1 aromatic carbocycles. The van der Waals surface area contributed by atoms with E-state index in [1.165, 1.54) is 31.5 Å². The van der Waals surface area contributed by atoms with Crippen molar-refractivity contribution in [3.63, 3.8) is 0 Å². The Morgan fingerprint density at radius 3 is 2.47 bits per heavy atom. The molecule has 3 nitrogen and oxygen atoms in total. The fraction of sp³-hybridized carbons (Fsp3) is 0.625. The molecule has 1 aromatic rings. The normalized spacial score (nSPS) is 19.5. The van der Waals surface area contributed by atoms with Gasteiger partial charge in [0.1, 0.15) is 5.75 Å². The molecule has 2 rings (SSSR count). The molecule has 0 spiro atoms. The summed E-state index contributed by atoms with van der Waals surface area (Å²) in [6.07, 6.45) is 3.68. The number of hydrogen-bond donors (Lipinski definition) is 2. The van der Waals surface area contributed by atoms with E-state index >= 15 is 0 Å². The maximum Gasteiger partial charge on any atom is 0.115 e. The Labute approximate surface area is 116 Å². The maximum absolute atomic E-state index is 9.30. The predicted octanol–water partition coefficient (Wildman–Crippen LogP) is 2.25. The zero-order chi connectivity index (χ0) is 13.7. The van der Waals surface area contributed by atoms with Crippen LogP contribution in [0, 0.1) is 5.92 Å². The lowest BCUT2D eigenvalue weighted by molar-refractivity contribution is 0.140. The summed E-state index contributed by atoms with van der Waals surface area (Å²) in [6, 6.07) is 8.20. The van der Waals surface area contributed by atoms with Crippen LogP contribution in [-0.4, -0.2) is 42.7 Å². The standard InChI is InChI=1S/C16H26N2O/c1-13(11-14-3-5-16(19)6-4-14)18-9-7-15(8-10-18)12-17-2/h3-6,13,15,17,19H,7-12H2,1-2H3. The molecule has 0 amide bonds. The monoisotopic (exact) mass is 262 g/mol. The van der Waals surface area contributed by atoms with Gasteiger partial charge >= 0.3 is 0 Å². The smallest absolute Gasteiger partial charge is 0.115 e. The fourth-order valence-corrected chi connectivity index (χ4v) is 2.99. The molecule has 1 saturated heterocycles. The Kier molecular flexibility index (Phi) is 5.23. The molecule has 2 N–H and O–H groups in total. The van der Waals surface area contributed by atoms with Crippen LogP contribution in [0.1, 0.15) is 25.3 Å². The van der Waals surface area contributed by atoms with E-state index in [1.54, 1.807) is 12.1 Å². The van der Waals surface area contributed by atoms with E-state index in [0.717, 1.165) is 18.9 Å². The molecular formula is C16H26N2O. The van der Waals surface area contributed by atoms with Gasteiger partial charge in [0.05, 0.1) is 0 Å². The molecule has 19 heavy (non-hydrogen) atoms. The van der Waals surface area contributed by atoms with Crippen LogP contribution in [0.15, 0.2) is 24.3 Å². The summed E-state index contributed by atoms with van der Waals surface area (Å²) in [5.74, 6) is 1.20. The summed E-state index contributed by atoms with van der Waals surface area (Å²) in [5.41, 5.74) is 1.31. The van der Waals surface area contributed by atoms with Crippen molar-refractivity contribution in [3.05, 3.63) is 29.8 Å². The van der Waals surface area contributed by atoms with Gasteiger partial charge in [-0.25, -0.2) is 0 Å². The minimum Gasteiger partial charge on any atom is -0.508 e. The van der Waals surface area contributed by atoms with Crippen molar-refractivity contribution in [3.8, 4) is 5.75 Å². The Balaban J connectivity index is 1.81. The first-order chi connectivity index (χ1) is 9.19. The van der Waals surface area contributed by atoms with Gasteiger partial charge in [0.25, 0.3) is 0 Å². The number of nitrogens with zero attached hydrogens (tertiary/aromatic N) is 1. The molecule has 0 bridgehead atoms. The lowest BCUT2D eigenvalue weighted by Gasteiger charge is -2.36. The minimum atomic E-state index is 0.351. The molecule has 0 saturated carbocycles. The van der Waals surface area contributed by atoms with Crippen LogP contribution in [0.2, 0.25) is 0 Å². The molecule has 1 heterocycles. The zero-order valence-corrected chi connectivity index (χ0v) is 12.1. The third kappa shape index (κ3) is 4.22. The van der Waals surface area contributed by atoms with Gasteiger partial charge in [-0.05, 0) is 76.5 Å². The Morgan fingerprint density at radius 1 is 1.26 bits per heavy atom. The highest BCUT2D eigenvalue weighted by Crippen LogP contribution is 2.20. The highest BCUT2D eigenvalue weighted by atomic mass is 16.3. The number of phenolic OH excluding ortho intramolecular Hbond substituents is 1. The molecule has 1 atom stereocenters. The van der Waals surface area contributed by atoms with E-state index in [4.69, 9.17) is 0 Å². The molecule has 1 unspecified atom stereocenters. The van der Waals surface area contributed by atoms with Crippen molar-refractivity contribution in [2.75, 3.05) is 26.7 Å². The van der Waals surface area contributed by atoms with Crippen LogP contribution in [-0.2, 0) is 6.42 Å². The maximum atomic E-state index is 9.30. The van der Waals surface area contributed by atoms with Gasteiger partial charge in [0.15, 0.2) is 0 Å². The largest absolute Gasteiger partial charge is 0.508 e. The molecule has 1 aliphatic rings. The molecule has 106 valence electrons. The van der Waals surface area contributed by atoms with Crippen molar-refractivity contribution in [1.82, 2.24) is 10.2 Å². The van der Waals surface area contributed by atoms with E-state index in [-0.39, 0.29) is 0 Å². The van der Waals surface area contributed by atoms with Gasteiger partial charge in [-0.3, -0.25) is 0 Å². The van der Waals surface area contributed by atoms with Crippen LogP contribution in [0.25, 0.3) is 0 Å². The van der Waals surface area contributed by atoms with Crippen LogP contribution >= 0.6 is 0 Å². The first-order valence-electron chi connectivity index (χ1n) is 7.35. The number of hydrogen-bond acceptors (Lipinski definition) is 3. The van der Waals surface area contributed by atoms with Crippen molar-refractivity contribution < 1.29 is 5.11 Å². The SMILES string of the molecule is CNCC1CCN(C(C)Cc2ccc(O)cc2)CC1. The quantitative estimate of drug-likeness (QED) is 0.854. The number of piperidine rings is 1. The van der Waals surface area contributed by atoms with Gasteiger partial charge in [-0.2, -0.15) is 0 Å². The molecule has 1 fully saturated rings. The van der Waals surface area contributed by atoms with Gasteiger partial charge in [0, 0.05) is 6.04 Å². The molecule has 0 radical (unpaired) electrons. The lowest BCUT2D eigenvalue weighted by Crippen LogP contribution is -2.42. The van der Waals surface area contributed by atoms with Crippen molar-refractivity contribution >= 4 is 0 Å². The van der Waals surface area contributed by atoms with Gasteiger partial charge in [-0.15, -0.1) is 0 Å². The highest BCUT2D eigenvalue weighted by molar-refractivity contribution is 5.26. The Bertz CT molecular complexity index is 369. The van der Waals surface area contributed by atoms with Crippen LogP contribution in [0.4, 0.5) is 0 Å². The first-order valence-corrected chi connectivity index (χ1v) is 7.35. The average Bonchev–Trinajstić information content (AvgIpc) is 2.42. The Morgan fingerprint density at radius 2 is 1.89 bits per heavy atom. The predicted molar refractivity (Wildman–Crippen MR) is 79.5 cm³/mol. The zero-order valence-electron chi connectivity index (χ0n) is 12.1. The summed E-state index contributed by atoms with van der Waals surface area (Å²) in [5, 5.41) is 12.6. The lowest BCUT2D eigenvalue weighted by atomic mass is 9.94. The molecule has 0 aliphatic carbocycles. The summed E-state index contributed by atoms with van der Waals surface area (Å²) in [7, 11) is 2.04. The van der Waals surface area contributed by atoms with E-state index in [0.29, 0.717) is 11.8 Å². The van der Waals surface area contributed by atoms with Gasteiger partial charge in [0.2, 0.25) is 0 Å². The summed E-state index contributed by atoms with van der Waals surface area (Å²) in [4.78, 5) is 2.60. The first kappa shape index (κ1) is 14.4. The second-order valence-electron chi connectivity index (χ2n) is 5.76. The van der Waals surface area contributed by atoms with E-state index in [2.05, 4.69) is 17.1 Å².